The summed E-state index contributed by atoms with van der Waals surface area (Å²) in [7, 11) is 0. The number of hydrogen-bond acceptors (Lipinski definition) is 8. The molecular weight excluding hydrogens is 496 g/mol. The van der Waals surface area contributed by atoms with E-state index >= 15 is 0 Å². The monoisotopic (exact) mass is 530 g/mol. The zero-order chi connectivity index (χ0) is 26.4. The molecule has 1 N–H and O–H groups in total. The number of rotatable bonds is 11. The first kappa shape index (κ1) is 27.7. The number of esters is 1. The fourth-order valence-corrected chi connectivity index (χ4v) is 5.52. The van der Waals surface area contributed by atoms with Gasteiger partial charge in [0.25, 0.3) is 0 Å². The van der Waals surface area contributed by atoms with Gasteiger partial charge in [-0.3, -0.25) is 4.79 Å². The van der Waals surface area contributed by atoms with Gasteiger partial charge in [-0.25, -0.2) is 4.79 Å². The van der Waals surface area contributed by atoms with Crippen molar-refractivity contribution in [3.05, 3.63) is 51.7 Å². The topological polar surface area (TPSA) is 95.3 Å². The molecule has 1 aromatic carbocycles. The Bertz CT molecular complexity index is 1200. The second-order valence-corrected chi connectivity index (χ2v) is 10.8. The molecule has 0 bridgehead atoms. The molecule has 3 rings (SSSR count). The van der Waals surface area contributed by atoms with Crippen molar-refractivity contribution in [1.82, 2.24) is 14.8 Å². The number of carbonyl (C=O) groups excluding carboxylic acids is 2. The summed E-state index contributed by atoms with van der Waals surface area (Å²) >= 11 is 2.67. The fraction of sp³-hybridized carbons (Fsp3) is 0.462. The Labute approximate surface area is 220 Å². The summed E-state index contributed by atoms with van der Waals surface area (Å²) in [6.07, 6.45) is -0.310. The maximum absolute atomic E-state index is 12.7. The lowest BCUT2D eigenvalue weighted by molar-refractivity contribution is -0.113. The zero-order valence-electron chi connectivity index (χ0n) is 21.9. The van der Waals surface area contributed by atoms with Gasteiger partial charge in [-0.15, -0.1) is 21.5 Å². The minimum atomic E-state index is -0.425. The number of benzene rings is 1. The van der Waals surface area contributed by atoms with Crippen LogP contribution in [0.25, 0.3) is 0 Å². The number of nitrogens with zero attached hydrogens (tertiary/aromatic N) is 3. The summed E-state index contributed by atoms with van der Waals surface area (Å²) in [6, 6.07) is 8.08. The van der Waals surface area contributed by atoms with Gasteiger partial charge in [0.15, 0.2) is 17.1 Å². The largest absolute Gasteiger partial charge is 0.483 e. The van der Waals surface area contributed by atoms with E-state index < -0.39 is 5.97 Å². The Morgan fingerprint density at radius 1 is 1.11 bits per heavy atom. The van der Waals surface area contributed by atoms with Crippen molar-refractivity contribution < 1.29 is 19.1 Å². The van der Waals surface area contributed by atoms with Crippen LogP contribution in [-0.4, -0.2) is 39.0 Å². The first-order valence-corrected chi connectivity index (χ1v) is 13.9. The van der Waals surface area contributed by atoms with Crippen LogP contribution >= 0.6 is 23.1 Å². The Balaban J connectivity index is 1.66. The quantitative estimate of drug-likeness (QED) is 0.235. The number of ether oxygens (including phenoxy) is 2. The predicted octanol–water partition coefficient (Wildman–Crippen LogP) is 6.15. The molecule has 194 valence electrons. The Hall–Kier alpha value is -2.85. The van der Waals surface area contributed by atoms with Gasteiger partial charge in [0, 0.05) is 11.4 Å². The third-order valence-electron chi connectivity index (χ3n) is 5.74. The van der Waals surface area contributed by atoms with Crippen molar-refractivity contribution in [3.8, 4) is 5.75 Å². The number of aromatic nitrogens is 3. The minimum Gasteiger partial charge on any atom is -0.483 e. The molecule has 3 aromatic rings. The maximum Gasteiger partial charge on any atom is 0.341 e. The van der Waals surface area contributed by atoms with Crippen molar-refractivity contribution in [2.45, 2.75) is 72.2 Å². The Kier molecular flexibility index (Phi) is 9.56. The standard InChI is InChI=1S/C26H34N4O4S2/c1-8-30-23(17(6)34-20-12-10-19(11-13-20)15(3)4)28-29-26(30)35-14-21(31)27-24-22(25(32)33-9-2)16(5)18(7)36-24/h10-13,15,17H,8-9,14H2,1-7H3,(H,27,31). The van der Waals surface area contributed by atoms with Crippen LogP contribution in [-0.2, 0) is 16.1 Å². The van der Waals surface area contributed by atoms with E-state index in [1.807, 2.05) is 44.4 Å². The van der Waals surface area contributed by atoms with Gasteiger partial charge in [0.1, 0.15) is 10.8 Å². The van der Waals surface area contributed by atoms with E-state index in [1.165, 1.54) is 28.7 Å². The third kappa shape index (κ3) is 6.47. The molecule has 0 saturated carbocycles. The molecule has 0 aliphatic carbocycles. The van der Waals surface area contributed by atoms with Gasteiger partial charge in [0.05, 0.1) is 17.9 Å². The molecule has 1 amide bonds. The molecule has 10 heteroatoms. The van der Waals surface area contributed by atoms with Crippen LogP contribution in [0.4, 0.5) is 5.00 Å². The lowest BCUT2D eigenvalue weighted by Crippen LogP contribution is -2.17. The summed E-state index contributed by atoms with van der Waals surface area (Å²) in [5, 5.41) is 12.7. The van der Waals surface area contributed by atoms with E-state index in [9.17, 15) is 9.59 Å². The maximum atomic E-state index is 12.7. The van der Waals surface area contributed by atoms with Gasteiger partial charge in [-0.1, -0.05) is 37.7 Å². The number of thioether (sulfide) groups is 1. The van der Waals surface area contributed by atoms with E-state index in [0.717, 1.165) is 16.2 Å². The Morgan fingerprint density at radius 3 is 2.42 bits per heavy atom. The molecule has 2 heterocycles. The zero-order valence-corrected chi connectivity index (χ0v) is 23.5. The van der Waals surface area contributed by atoms with Crippen molar-refractivity contribution in [3.63, 3.8) is 0 Å². The number of anilines is 1. The molecule has 0 aliphatic rings. The molecule has 2 aromatic heterocycles. The molecule has 0 aliphatic heterocycles. The average Bonchev–Trinajstić information content (AvgIpc) is 3.38. The summed E-state index contributed by atoms with van der Waals surface area (Å²) in [5.74, 6) is 1.40. The summed E-state index contributed by atoms with van der Waals surface area (Å²) in [4.78, 5) is 26.1. The number of amides is 1. The SMILES string of the molecule is CCOC(=O)c1c(NC(=O)CSc2nnc(C(C)Oc3ccc(C(C)C)cc3)n2CC)sc(C)c1C. The van der Waals surface area contributed by atoms with Crippen molar-refractivity contribution in [2.75, 3.05) is 17.7 Å². The van der Waals surface area contributed by atoms with E-state index in [-0.39, 0.29) is 24.4 Å². The normalized spacial score (nSPS) is 12.0. The van der Waals surface area contributed by atoms with Crippen LogP contribution in [0.3, 0.4) is 0 Å². The van der Waals surface area contributed by atoms with Crippen LogP contribution < -0.4 is 10.1 Å². The lowest BCUT2D eigenvalue weighted by Gasteiger charge is -2.16. The van der Waals surface area contributed by atoms with Crippen molar-refractivity contribution in [2.24, 2.45) is 0 Å². The van der Waals surface area contributed by atoms with Gasteiger partial charge < -0.3 is 19.4 Å². The average molecular weight is 531 g/mol. The van der Waals surface area contributed by atoms with Crippen LogP contribution in [0.1, 0.15) is 78.8 Å². The van der Waals surface area contributed by atoms with E-state index in [4.69, 9.17) is 9.47 Å². The number of nitrogens with one attached hydrogen (secondary N) is 1. The number of hydrogen-bond donors (Lipinski definition) is 1. The Morgan fingerprint density at radius 2 is 1.81 bits per heavy atom. The second-order valence-electron chi connectivity index (χ2n) is 8.61. The molecule has 8 nitrogen and oxygen atoms in total. The highest BCUT2D eigenvalue weighted by Crippen LogP contribution is 2.33. The van der Waals surface area contributed by atoms with Gasteiger partial charge >= 0.3 is 5.97 Å². The van der Waals surface area contributed by atoms with Crippen LogP contribution in [0, 0.1) is 13.8 Å². The van der Waals surface area contributed by atoms with Gasteiger partial charge in [-0.05, 0) is 63.8 Å². The molecule has 36 heavy (non-hydrogen) atoms. The third-order valence-corrected chi connectivity index (χ3v) is 7.82. The molecule has 0 radical (unpaired) electrons. The van der Waals surface area contributed by atoms with Crippen LogP contribution in [0.5, 0.6) is 5.75 Å². The highest BCUT2D eigenvalue weighted by Gasteiger charge is 2.23. The molecular formula is C26H34N4O4S2. The summed E-state index contributed by atoms with van der Waals surface area (Å²) < 4.78 is 13.2. The molecule has 1 unspecified atom stereocenters. The predicted molar refractivity (Wildman–Crippen MR) is 144 cm³/mol. The smallest absolute Gasteiger partial charge is 0.341 e. The summed E-state index contributed by atoms with van der Waals surface area (Å²) in [6.45, 7) is 14.7. The molecule has 0 fully saturated rings. The molecule has 1 atom stereocenters. The number of aryl methyl sites for hydroxylation is 1. The second kappa shape index (κ2) is 12.4. The highest BCUT2D eigenvalue weighted by atomic mass is 32.2. The van der Waals surface area contributed by atoms with Crippen molar-refractivity contribution in [1.29, 1.82) is 0 Å². The van der Waals surface area contributed by atoms with Gasteiger partial charge in [-0.2, -0.15) is 0 Å². The van der Waals surface area contributed by atoms with Crippen LogP contribution in [0.15, 0.2) is 29.4 Å². The van der Waals surface area contributed by atoms with Crippen molar-refractivity contribution >= 4 is 40.0 Å². The van der Waals surface area contributed by atoms with E-state index in [0.29, 0.717) is 34.0 Å². The molecule has 0 spiro atoms. The van der Waals surface area contributed by atoms with E-state index in [1.54, 1.807) is 6.92 Å². The number of thiophene rings is 1. The minimum absolute atomic E-state index is 0.127. The first-order valence-electron chi connectivity index (χ1n) is 12.1. The fourth-order valence-electron chi connectivity index (χ4n) is 3.65. The number of carbonyl (C=O) groups is 2. The van der Waals surface area contributed by atoms with Gasteiger partial charge in [0.2, 0.25) is 5.91 Å². The van der Waals surface area contributed by atoms with E-state index in [2.05, 4.69) is 41.5 Å². The first-order chi connectivity index (χ1) is 17.2. The lowest BCUT2D eigenvalue weighted by atomic mass is 10.0. The molecule has 0 saturated heterocycles. The summed E-state index contributed by atoms with van der Waals surface area (Å²) in [5.41, 5.74) is 2.50. The highest BCUT2D eigenvalue weighted by molar-refractivity contribution is 7.99. The van der Waals surface area contributed by atoms with Crippen LogP contribution in [0.2, 0.25) is 0 Å².